The quantitative estimate of drug-likeness (QED) is 0.832. The molecule has 2 N–H and O–H groups in total. The Hall–Kier alpha value is -1.79. The second kappa shape index (κ2) is 7.12. The molecule has 108 valence electrons. The summed E-state index contributed by atoms with van der Waals surface area (Å²) in [7, 11) is 1.37. The normalized spacial score (nSPS) is 9.80. The van der Waals surface area contributed by atoms with Gasteiger partial charge in [-0.25, -0.2) is 4.79 Å². The number of benzene rings is 1. The minimum absolute atomic E-state index is 0.0127. The first kappa shape index (κ1) is 16.3. The van der Waals surface area contributed by atoms with Crippen molar-refractivity contribution < 1.29 is 19.1 Å². The Morgan fingerprint density at radius 2 is 1.90 bits per heavy atom. The van der Waals surface area contributed by atoms with E-state index < -0.39 is 18.5 Å². The first-order valence-electron chi connectivity index (χ1n) is 5.50. The van der Waals surface area contributed by atoms with Gasteiger partial charge in [-0.15, -0.1) is 0 Å². The third-order valence-corrected chi connectivity index (χ3v) is 3.04. The van der Waals surface area contributed by atoms with E-state index in [0.29, 0.717) is 0 Å². The number of Topliss-reactive ketones (excluding diaryl/α,β-unsaturated/α-hetero) is 1. The van der Waals surface area contributed by atoms with Crippen molar-refractivity contribution in [3.8, 4) is 5.75 Å². The number of amides is 3. The van der Waals surface area contributed by atoms with Crippen molar-refractivity contribution in [3.63, 3.8) is 0 Å². The summed E-state index contributed by atoms with van der Waals surface area (Å²) in [6.45, 7) is 0.852. The van der Waals surface area contributed by atoms with E-state index in [-0.39, 0.29) is 27.1 Å². The smallest absolute Gasteiger partial charge is 0.321 e. The van der Waals surface area contributed by atoms with Crippen LogP contribution in [0.15, 0.2) is 12.1 Å². The maximum Gasteiger partial charge on any atom is 0.321 e. The molecule has 0 saturated heterocycles. The Bertz CT molecular complexity index is 561. The van der Waals surface area contributed by atoms with E-state index in [9.17, 15) is 14.4 Å². The molecule has 0 bridgehead atoms. The SMILES string of the molecule is CNC(=O)NC(=O)COc1c(C(C)=O)ccc(Cl)c1Cl. The van der Waals surface area contributed by atoms with E-state index in [1.807, 2.05) is 5.32 Å². The summed E-state index contributed by atoms with van der Waals surface area (Å²) in [5.74, 6) is -0.959. The number of halogens is 2. The van der Waals surface area contributed by atoms with Crippen LogP contribution in [-0.4, -0.2) is 31.4 Å². The minimum Gasteiger partial charge on any atom is -0.481 e. The monoisotopic (exact) mass is 318 g/mol. The van der Waals surface area contributed by atoms with Crippen LogP contribution in [0.5, 0.6) is 5.75 Å². The van der Waals surface area contributed by atoms with E-state index in [4.69, 9.17) is 27.9 Å². The third-order valence-electron chi connectivity index (χ3n) is 2.26. The van der Waals surface area contributed by atoms with Gasteiger partial charge in [0.05, 0.1) is 10.6 Å². The molecule has 8 heteroatoms. The van der Waals surface area contributed by atoms with E-state index in [2.05, 4.69) is 5.32 Å². The fourth-order valence-electron chi connectivity index (χ4n) is 1.31. The molecule has 1 rings (SSSR count). The van der Waals surface area contributed by atoms with Crippen LogP contribution in [0.4, 0.5) is 4.79 Å². The summed E-state index contributed by atoms with van der Waals surface area (Å²) >= 11 is 11.8. The van der Waals surface area contributed by atoms with Gasteiger partial charge in [0.2, 0.25) is 0 Å². The fraction of sp³-hybridized carbons (Fsp3) is 0.250. The zero-order valence-electron chi connectivity index (χ0n) is 10.8. The zero-order chi connectivity index (χ0) is 15.3. The van der Waals surface area contributed by atoms with E-state index in [1.165, 1.54) is 26.1 Å². The van der Waals surface area contributed by atoms with Crippen LogP contribution in [0.3, 0.4) is 0 Å². The summed E-state index contributed by atoms with van der Waals surface area (Å²) in [6.07, 6.45) is 0. The molecule has 0 saturated carbocycles. The van der Waals surface area contributed by atoms with Gasteiger partial charge in [0.15, 0.2) is 18.1 Å². The molecule has 0 spiro atoms. The Morgan fingerprint density at radius 3 is 2.45 bits per heavy atom. The Kier molecular flexibility index (Phi) is 5.79. The highest BCUT2D eigenvalue weighted by Gasteiger charge is 2.17. The van der Waals surface area contributed by atoms with Crippen molar-refractivity contribution in [2.45, 2.75) is 6.92 Å². The lowest BCUT2D eigenvalue weighted by Crippen LogP contribution is -2.40. The van der Waals surface area contributed by atoms with Gasteiger partial charge in [-0.1, -0.05) is 23.2 Å². The highest BCUT2D eigenvalue weighted by molar-refractivity contribution is 6.43. The molecule has 0 aliphatic heterocycles. The number of hydrogen-bond acceptors (Lipinski definition) is 4. The number of rotatable bonds is 4. The number of urea groups is 1. The number of ketones is 1. The summed E-state index contributed by atoms with van der Waals surface area (Å²) in [6, 6.07) is 2.24. The van der Waals surface area contributed by atoms with Crippen molar-refractivity contribution in [2.75, 3.05) is 13.7 Å². The molecule has 3 amide bonds. The van der Waals surface area contributed by atoms with Crippen molar-refractivity contribution in [1.29, 1.82) is 0 Å². The molecule has 0 fully saturated rings. The predicted octanol–water partition coefficient (Wildman–Crippen LogP) is 2.03. The lowest BCUT2D eigenvalue weighted by molar-refractivity contribution is -0.122. The number of carbonyl (C=O) groups is 3. The molecule has 0 atom stereocenters. The van der Waals surface area contributed by atoms with Crippen molar-refractivity contribution in [3.05, 3.63) is 27.7 Å². The molecule has 0 unspecified atom stereocenters. The first-order valence-corrected chi connectivity index (χ1v) is 6.25. The van der Waals surface area contributed by atoms with Crippen molar-refractivity contribution >= 4 is 40.9 Å². The summed E-state index contributed by atoms with van der Waals surface area (Å²) in [5.41, 5.74) is 0.201. The third kappa shape index (κ3) is 4.11. The molecule has 1 aromatic rings. The van der Waals surface area contributed by atoms with Crippen LogP contribution in [0, 0.1) is 0 Å². The molecule has 1 aromatic carbocycles. The van der Waals surface area contributed by atoms with Gasteiger partial charge in [-0.05, 0) is 19.1 Å². The molecule has 0 aliphatic rings. The van der Waals surface area contributed by atoms with Crippen LogP contribution in [0.1, 0.15) is 17.3 Å². The van der Waals surface area contributed by atoms with Crippen molar-refractivity contribution in [2.24, 2.45) is 0 Å². The van der Waals surface area contributed by atoms with Gasteiger partial charge < -0.3 is 10.1 Å². The lowest BCUT2D eigenvalue weighted by atomic mass is 10.1. The van der Waals surface area contributed by atoms with Gasteiger partial charge in [0, 0.05) is 7.05 Å². The minimum atomic E-state index is -0.685. The highest BCUT2D eigenvalue weighted by Crippen LogP contribution is 2.35. The number of hydrogen-bond donors (Lipinski definition) is 2. The van der Waals surface area contributed by atoms with Gasteiger partial charge in [-0.3, -0.25) is 14.9 Å². The largest absolute Gasteiger partial charge is 0.481 e. The van der Waals surface area contributed by atoms with E-state index >= 15 is 0 Å². The van der Waals surface area contributed by atoms with Crippen molar-refractivity contribution in [1.82, 2.24) is 10.6 Å². The standard InChI is InChI=1S/C12H12Cl2N2O4/c1-6(17)7-3-4-8(13)10(14)11(7)20-5-9(18)16-12(19)15-2/h3-4H,5H2,1-2H3,(H2,15,16,18,19). The van der Waals surface area contributed by atoms with Gasteiger partial charge in [-0.2, -0.15) is 0 Å². The molecule has 0 aromatic heterocycles. The molecule has 0 heterocycles. The van der Waals surface area contributed by atoms with E-state index in [1.54, 1.807) is 0 Å². The Labute approximate surface area is 125 Å². The first-order chi connectivity index (χ1) is 9.36. The second-order valence-electron chi connectivity index (χ2n) is 3.71. The molecular formula is C12H12Cl2N2O4. The molecular weight excluding hydrogens is 307 g/mol. The van der Waals surface area contributed by atoms with Crippen LogP contribution in [0.25, 0.3) is 0 Å². The zero-order valence-corrected chi connectivity index (χ0v) is 12.3. The second-order valence-corrected chi connectivity index (χ2v) is 4.50. The van der Waals surface area contributed by atoms with Crippen LogP contribution in [-0.2, 0) is 4.79 Å². The average molecular weight is 319 g/mol. The number of nitrogens with one attached hydrogen (secondary N) is 2. The molecule has 0 radical (unpaired) electrons. The molecule has 0 aliphatic carbocycles. The maximum atomic E-state index is 11.5. The predicted molar refractivity (Wildman–Crippen MR) is 74.6 cm³/mol. The molecule has 6 nitrogen and oxygen atoms in total. The Morgan fingerprint density at radius 1 is 1.25 bits per heavy atom. The fourth-order valence-corrected chi connectivity index (χ4v) is 1.68. The summed E-state index contributed by atoms with van der Waals surface area (Å²) < 4.78 is 5.19. The molecule has 20 heavy (non-hydrogen) atoms. The highest BCUT2D eigenvalue weighted by atomic mass is 35.5. The Balaban J connectivity index is 2.86. The van der Waals surface area contributed by atoms with Gasteiger partial charge in [0.1, 0.15) is 5.02 Å². The average Bonchev–Trinajstić information content (AvgIpc) is 2.39. The van der Waals surface area contributed by atoms with Crippen LogP contribution in [0.2, 0.25) is 10.0 Å². The topological polar surface area (TPSA) is 84.5 Å². The maximum absolute atomic E-state index is 11.5. The van der Waals surface area contributed by atoms with Gasteiger partial charge >= 0.3 is 6.03 Å². The number of carbonyl (C=O) groups excluding carboxylic acids is 3. The van der Waals surface area contributed by atoms with Crippen LogP contribution < -0.4 is 15.4 Å². The summed E-state index contributed by atoms with van der Waals surface area (Å²) in [4.78, 5) is 33.8. The number of imide groups is 1. The summed E-state index contributed by atoms with van der Waals surface area (Å²) in [5, 5.41) is 4.45. The lowest BCUT2D eigenvalue weighted by Gasteiger charge is -2.12. The van der Waals surface area contributed by atoms with Crippen LogP contribution >= 0.6 is 23.2 Å². The van der Waals surface area contributed by atoms with Gasteiger partial charge in [0.25, 0.3) is 5.91 Å². The number of ether oxygens (including phenoxy) is 1. The van der Waals surface area contributed by atoms with E-state index in [0.717, 1.165) is 0 Å².